The monoisotopic (exact) mass is 102 g/mol. The van der Waals surface area contributed by atoms with Crippen molar-refractivity contribution < 1.29 is 19.4 Å². The predicted octanol–water partition coefficient (Wildman–Crippen LogP) is -1.97. The molecular weight excluding hydrogens is 97.6 g/mol. The molecule has 0 radical (unpaired) electrons. The van der Waals surface area contributed by atoms with Gasteiger partial charge in [-0.15, -0.1) is 0 Å². The lowest BCUT2D eigenvalue weighted by molar-refractivity contribution is -0.00520. The van der Waals surface area contributed by atoms with E-state index >= 15 is 0 Å². The molecule has 0 saturated carbocycles. The number of hydrogen-bond acceptors (Lipinski definition) is 4. The van der Waals surface area contributed by atoms with Gasteiger partial charge in [-0.1, -0.05) is 0 Å². The highest BCUT2D eigenvalue weighted by atomic mass is 16.8. The molecule has 0 bridgehead atoms. The van der Waals surface area contributed by atoms with Crippen LogP contribution in [-0.4, -0.2) is 30.9 Å². The van der Waals surface area contributed by atoms with E-state index in [2.05, 4.69) is 9.31 Å². The third-order valence-electron chi connectivity index (χ3n) is 0.708. The summed E-state index contributed by atoms with van der Waals surface area (Å²) >= 11 is 0. The molecule has 7 heavy (non-hydrogen) atoms. The van der Waals surface area contributed by atoms with E-state index < -0.39 is 14.0 Å². The van der Waals surface area contributed by atoms with Crippen molar-refractivity contribution in [2.45, 2.75) is 0 Å². The lowest BCUT2D eigenvalue weighted by Crippen LogP contribution is -2.49. The lowest BCUT2D eigenvalue weighted by Gasteiger charge is -2.21. The van der Waals surface area contributed by atoms with E-state index in [4.69, 9.17) is 10.0 Å². The van der Waals surface area contributed by atoms with Crippen LogP contribution in [0.4, 0.5) is 0 Å². The SMILES string of the molecule is OB(O)B1OCO1. The summed E-state index contributed by atoms with van der Waals surface area (Å²) in [4.78, 5) is 0. The molecule has 0 aromatic heterocycles. The first kappa shape index (κ1) is 5.11. The Labute approximate surface area is 41.3 Å². The predicted molar refractivity (Wildman–Crippen MR) is 23.0 cm³/mol. The smallest absolute Gasteiger partial charge is 0.429 e. The summed E-state index contributed by atoms with van der Waals surface area (Å²) in [5.41, 5.74) is 0. The van der Waals surface area contributed by atoms with Gasteiger partial charge in [-0.25, -0.2) is 0 Å². The largest absolute Gasteiger partial charge is 0.490 e. The van der Waals surface area contributed by atoms with Gasteiger partial charge in [0.1, 0.15) is 6.79 Å². The van der Waals surface area contributed by atoms with Gasteiger partial charge in [0.15, 0.2) is 0 Å². The van der Waals surface area contributed by atoms with Crippen molar-refractivity contribution in [1.82, 2.24) is 0 Å². The zero-order valence-electron chi connectivity index (χ0n) is 3.57. The summed E-state index contributed by atoms with van der Waals surface area (Å²) < 4.78 is 8.94. The molecule has 1 aliphatic heterocycles. The Hall–Kier alpha value is -0.0301. The quantitative estimate of drug-likeness (QED) is 0.377. The van der Waals surface area contributed by atoms with Crippen molar-refractivity contribution in [3.63, 3.8) is 0 Å². The Morgan fingerprint density at radius 1 is 1.43 bits per heavy atom. The Morgan fingerprint density at radius 3 is 2.00 bits per heavy atom. The minimum atomic E-state index is -1.49. The fourth-order valence-corrected chi connectivity index (χ4v) is 0.319. The second-order valence-electron chi connectivity index (χ2n) is 1.23. The van der Waals surface area contributed by atoms with Crippen molar-refractivity contribution in [1.29, 1.82) is 0 Å². The molecule has 1 fully saturated rings. The lowest BCUT2D eigenvalue weighted by atomic mass is 9.48. The van der Waals surface area contributed by atoms with Gasteiger partial charge in [0.05, 0.1) is 0 Å². The molecule has 2 N–H and O–H groups in total. The first-order chi connectivity index (χ1) is 3.30. The Balaban J connectivity index is 2.14. The Bertz CT molecular complexity index is 60.7. The molecule has 0 aromatic carbocycles. The van der Waals surface area contributed by atoms with Crippen LogP contribution in [0.15, 0.2) is 0 Å². The molecule has 38 valence electrons. The van der Waals surface area contributed by atoms with Crippen LogP contribution in [0.3, 0.4) is 0 Å². The van der Waals surface area contributed by atoms with E-state index in [1.54, 1.807) is 0 Å². The van der Waals surface area contributed by atoms with Gasteiger partial charge in [0.2, 0.25) is 0 Å². The van der Waals surface area contributed by atoms with Crippen molar-refractivity contribution in [3.05, 3.63) is 0 Å². The van der Waals surface area contributed by atoms with Crippen molar-refractivity contribution in [2.75, 3.05) is 6.79 Å². The van der Waals surface area contributed by atoms with Crippen LogP contribution in [0.1, 0.15) is 0 Å². The van der Waals surface area contributed by atoms with Gasteiger partial charge < -0.3 is 19.4 Å². The van der Waals surface area contributed by atoms with Crippen LogP contribution >= 0.6 is 0 Å². The molecular formula is CH4B2O4. The van der Waals surface area contributed by atoms with Gasteiger partial charge in [-0.3, -0.25) is 0 Å². The second-order valence-corrected chi connectivity index (χ2v) is 1.23. The third kappa shape index (κ3) is 0.947. The van der Waals surface area contributed by atoms with Crippen molar-refractivity contribution in [3.8, 4) is 0 Å². The van der Waals surface area contributed by atoms with Crippen molar-refractivity contribution >= 4 is 14.0 Å². The highest BCUT2D eigenvalue weighted by molar-refractivity contribution is 7.09. The maximum Gasteiger partial charge on any atom is 0.490 e. The fourth-order valence-electron chi connectivity index (χ4n) is 0.319. The zero-order chi connectivity index (χ0) is 5.28. The minimum Gasteiger partial charge on any atom is -0.429 e. The summed E-state index contributed by atoms with van der Waals surface area (Å²) in [7, 11) is -2.30. The molecule has 4 nitrogen and oxygen atoms in total. The fraction of sp³-hybridized carbons (Fsp3) is 1.00. The summed E-state index contributed by atoms with van der Waals surface area (Å²) in [5, 5.41) is 16.4. The molecule has 1 heterocycles. The first-order valence-electron chi connectivity index (χ1n) is 1.90. The average Bonchev–Trinajstić information content (AvgIpc) is 1.23. The molecule has 0 atom stereocenters. The molecule has 0 aromatic rings. The van der Waals surface area contributed by atoms with Crippen LogP contribution < -0.4 is 0 Å². The van der Waals surface area contributed by atoms with E-state index in [9.17, 15) is 0 Å². The van der Waals surface area contributed by atoms with Gasteiger partial charge in [-0.05, 0) is 0 Å². The van der Waals surface area contributed by atoms with Crippen LogP contribution in [0.2, 0.25) is 0 Å². The number of rotatable bonds is 1. The van der Waals surface area contributed by atoms with Crippen molar-refractivity contribution in [2.24, 2.45) is 0 Å². The van der Waals surface area contributed by atoms with E-state index in [1.807, 2.05) is 0 Å². The van der Waals surface area contributed by atoms with E-state index in [0.29, 0.717) is 0 Å². The first-order valence-corrected chi connectivity index (χ1v) is 1.90. The molecule has 0 amide bonds. The van der Waals surface area contributed by atoms with Gasteiger partial charge >= 0.3 is 14.0 Å². The molecule has 1 aliphatic rings. The van der Waals surface area contributed by atoms with Crippen LogP contribution in [0, 0.1) is 0 Å². The highest BCUT2D eigenvalue weighted by Gasteiger charge is 2.39. The Kier molecular flexibility index (Phi) is 1.34. The zero-order valence-corrected chi connectivity index (χ0v) is 3.57. The second kappa shape index (κ2) is 1.83. The molecule has 1 rings (SSSR count). The summed E-state index contributed by atoms with van der Waals surface area (Å²) in [6.45, 7) is 0.169. The van der Waals surface area contributed by atoms with Crippen LogP contribution in [0.25, 0.3) is 0 Å². The molecule has 0 unspecified atom stereocenters. The van der Waals surface area contributed by atoms with E-state index in [-0.39, 0.29) is 6.79 Å². The minimum absolute atomic E-state index is 0.169. The maximum atomic E-state index is 8.18. The highest BCUT2D eigenvalue weighted by Crippen LogP contribution is 2.00. The Morgan fingerprint density at radius 2 is 2.00 bits per heavy atom. The topological polar surface area (TPSA) is 58.9 Å². The van der Waals surface area contributed by atoms with E-state index in [0.717, 1.165) is 0 Å². The maximum absolute atomic E-state index is 8.18. The molecule has 0 spiro atoms. The molecule has 0 aliphatic carbocycles. The van der Waals surface area contributed by atoms with Crippen LogP contribution in [-0.2, 0) is 9.31 Å². The van der Waals surface area contributed by atoms with Gasteiger partial charge in [-0.2, -0.15) is 0 Å². The summed E-state index contributed by atoms with van der Waals surface area (Å²) in [6.07, 6.45) is 0. The third-order valence-corrected chi connectivity index (χ3v) is 0.708. The standard InChI is InChI=1S/CH4B2O4/c4-2(5)3-6-1-7-3/h4-5H,1H2. The van der Waals surface area contributed by atoms with Crippen LogP contribution in [0.5, 0.6) is 0 Å². The normalized spacial score (nSPS) is 18.9. The molecule has 6 heteroatoms. The van der Waals surface area contributed by atoms with Gasteiger partial charge in [0, 0.05) is 0 Å². The van der Waals surface area contributed by atoms with E-state index in [1.165, 1.54) is 0 Å². The number of hydrogen-bond donors (Lipinski definition) is 2. The summed E-state index contributed by atoms with van der Waals surface area (Å²) in [5.74, 6) is 0. The molecule has 1 saturated heterocycles. The van der Waals surface area contributed by atoms with Gasteiger partial charge in [0.25, 0.3) is 0 Å². The summed E-state index contributed by atoms with van der Waals surface area (Å²) in [6, 6.07) is 0. The average molecular weight is 102 g/mol.